The molecule has 3 nitrogen and oxygen atoms in total. The van der Waals surface area contributed by atoms with E-state index in [0.717, 1.165) is 17.7 Å². The van der Waals surface area contributed by atoms with E-state index in [2.05, 4.69) is 10.3 Å². The lowest BCUT2D eigenvalue weighted by Crippen LogP contribution is -2.14. The lowest BCUT2D eigenvalue weighted by atomic mass is 10.1. The van der Waals surface area contributed by atoms with E-state index in [9.17, 15) is 8.78 Å². The molecule has 2 aromatic rings. The number of anilines is 2. The highest BCUT2D eigenvalue weighted by Gasteiger charge is 2.11. The first kappa shape index (κ1) is 16.9. The van der Waals surface area contributed by atoms with Crippen molar-refractivity contribution in [2.45, 2.75) is 20.8 Å². The fraction of sp³-hybridized carbons (Fsp3) is 0.278. The van der Waals surface area contributed by atoms with Gasteiger partial charge in [-0.1, -0.05) is 12.1 Å². The van der Waals surface area contributed by atoms with Gasteiger partial charge >= 0.3 is 0 Å². The minimum absolute atomic E-state index is 0.349. The van der Waals surface area contributed by atoms with E-state index in [1.54, 1.807) is 25.4 Å². The third kappa shape index (κ3) is 4.06. The third-order valence-corrected chi connectivity index (χ3v) is 3.72. The number of aliphatic imine (C=N–C) groups is 1. The summed E-state index contributed by atoms with van der Waals surface area (Å²) >= 11 is 0. The summed E-state index contributed by atoms with van der Waals surface area (Å²) in [5.41, 5.74) is 2.88. The topological polar surface area (TPSA) is 27.6 Å². The van der Waals surface area contributed by atoms with Gasteiger partial charge in [0.25, 0.3) is 0 Å². The van der Waals surface area contributed by atoms with Crippen LogP contribution in [0.2, 0.25) is 0 Å². The number of nitrogens with one attached hydrogen (secondary N) is 1. The van der Waals surface area contributed by atoms with Gasteiger partial charge in [-0.15, -0.1) is 0 Å². The summed E-state index contributed by atoms with van der Waals surface area (Å²) in [5, 5.41) is 2.99. The molecule has 0 fully saturated rings. The van der Waals surface area contributed by atoms with E-state index in [4.69, 9.17) is 0 Å². The molecular formula is C18H21F2N3. The van der Waals surface area contributed by atoms with Crippen LogP contribution in [0.4, 0.5) is 25.8 Å². The SMILES string of the molecule is CCN(C)/C=N/c1cc(F)cc(Nc2c(C)cccc2F)c1C. The van der Waals surface area contributed by atoms with Crippen molar-refractivity contribution in [1.29, 1.82) is 0 Å². The highest BCUT2D eigenvalue weighted by atomic mass is 19.1. The molecule has 122 valence electrons. The molecule has 0 saturated carbocycles. The largest absolute Gasteiger partial charge is 0.366 e. The zero-order chi connectivity index (χ0) is 17.0. The molecule has 0 aliphatic heterocycles. The van der Waals surface area contributed by atoms with E-state index in [1.807, 2.05) is 25.8 Å². The van der Waals surface area contributed by atoms with Crippen LogP contribution >= 0.6 is 0 Å². The van der Waals surface area contributed by atoms with Crippen molar-refractivity contribution in [2.24, 2.45) is 4.99 Å². The Balaban J connectivity index is 2.40. The Morgan fingerprint density at radius 1 is 1.22 bits per heavy atom. The molecule has 5 heteroatoms. The molecule has 2 rings (SSSR count). The maximum atomic E-state index is 14.0. The van der Waals surface area contributed by atoms with Crippen LogP contribution in [0, 0.1) is 25.5 Å². The average Bonchev–Trinajstić information content (AvgIpc) is 2.52. The summed E-state index contributed by atoms with van der Waals surface area (Å²) < 4.78 is 27.9. The Kier molecular flexibility index (Phi) is 5.32. The number of aryl methyl sites for hydroxylation is 1. The van der Waals surface area contributed by atoms with Gasteiger partial charge in [-0.05, 0) is 50.1 Å². The van der Waals surface area contributed by atoms with Crippen LogP contribution in [0.1, 0.15) is 18.1 Å². The van der Waals surface area contributed by atoms with Crippen molar-refractivity contribution in [1.82, 2.24) is 4.90 Å². The Bertz CT molecular complexity index is 706. The number of hydrogen-bond donors (Lipinski definition) is 1. The molecule has 23 heavy (non-hydrogen) atoms. The van der Waals surface area contributed by atoms with Gasteiger partial charge in [-0.25, -0.2) is 13.8 Å². The van der Waals surface area contributed by atoms with E-state index < -0.39 is 5.82 Å². The lowest BCUT2D eigenvalue weighted by molar-refractivity contribution is 0.552. The summed E-state index contributed by atoms with van der Waals surface area (Å²) in [6, 6.07) is 7.54. The van der Waals surface area contributed by atoms with Crippen molar-refractivity contribution >= 4 is 23.4 Å². The molecule has 0 aliphatic rings. The maximum absolute atomic E-state index is 14.0. The standard InChI is InChI=1S/C18H21F2N3/c1-5-23(4)11-21-16-9-14(19)10-17(13(16)3)22-18-12(2)7-6-8-15(18)20/h6-11,22H,5H2,1-4H3/b21-11+. The molecule has 0 saturated heterocycles. The Morgan fingerprint density at radius 3 is 2.61 bits per heavy atom. The van der Waals surface area contributed by atoms with E-state index in [0.29, 0.717) is 17.1 Å². The fourth-order valence-corrected chi connectivity index (χ4v) is 2.10. The Hall–Kier alpha value is -2.43. The predicted octanol–water partition coefficient (Wildman–Crippen LogP) is 4.94. The van der Waals surface area contributed by atoms with E-state index >= 15 is 0 Å². The molecule has 0 spiro atoms. The molecule has 0 radical (unpaired) electrons. The number of nitrogens with zero attached hydrogens (tertiary/aromatic N) is 2. The maximum Gasteiger partial charge on any atom is 0.146 e. The van der Waals surface area contributed by atoms with Crippen molar-refractivity contribution in [3.8, 4) is 0 Å². The molecule has 1 N–H and O–H groups in total. The van der Waals surface area contributed by atoms with Crippen molar-refractivity contribution in [3.63, 3.8) is 0 Å². The van der Waals surface area contributed by atoms with Crippen molar-refractivity contribution in [3.05, 3.63) is 53.1 Å². The van der Waals surface area contributed by atoms with Gasteiger partial charge < -0.3 is 10.2 Å². The lowest BCUT2D eigenvalue weighted by Gasteiger charge is -2.15. The van der Waals surface area contributed by atoms with Crippen molar-refractivity contribution < 1.29 is 8.78 Å². The summed E-state index contributed by atoms with van der Waals surface area (Å²) in [7, 11) is 1.89. The van der Waals surface area contributed by atoms with Gasteiger partial charge in [0.15, 0.2) is 0 Å². The van der Waals surface area contributed by atoms with Gasteiger partial charge in [0.05, 0.1) is 17.7 Å². The molecule has 0 bridgehead atoms. The van der Waals surface area contributed by atoms with Crippen LogP contribution < -0.4 is 5.32 Å². The first-order valence-corrected chi connectivity index (χ1v) is 7.49. The van der Waals surface area contributed by atoms with Gasteiger partial charge in [0.2, 0.25) is 0 Å². The first-order chi connectivity index (χ1) is 10.9. The van der Waals surface area contributed by atoms with Crippen LogP contribution in [0.3, 0.4) is 0 Å². The van der Waals surface area contributed by atoms with E-state index in [-0.39, 0.29) is 5.82 Å². The van der Waals surface area contributed by atoms with Crippen LogP contribution in [0.5, 0.6) is 0 Å². The monoisotopic (exact) mass is 317 g/mol. The normalized spacial score (nSPS) is 11.0. The number of benzene rings is 2. The predicted molar refractivity (Wildman–Crippen MR) is 92.0 cm³/mol. The molecule has 0 amide bonds. The fourth-order valence-electron chi connectivity index (χ4n) is 2.10. The Morgan fingerprint density at radius 2 is 1.96 bits per heavy atom. The summed E-state index contributed by atoms with van der Waals surface area (Å²) in [6.45, 7) is 6.43. The third-order valence-electron chi connectivity index (χ3n) is 3.72. The number of para-hydroxylation sites is 1. The van der Waals surface area contributed by atoms with Crippen LogP contribution in [0.15, 0.2) is 35.3 Å². The first-order valence-electron chi connectivity index (χ1n) is 7.49. The summed E-state index contributed by atoms with van der Waals surface area (Å²) in [5.74, 6) is -0.789. The number of rotatable bonds is 5. The number of hydrogen-bond acceptors (Lipinski definition) is 2. The van der Waals surface area contributed by atoms with Crippen LogP contribution in [-0.2, 0) is 0 Å². The molecule has 0 unspecified atom stereocenters. The minimum atomic E-state index is -0.418. The van der Waals surface area contributed by atoms with Crippen molar-refractivity contribution in [2.75, 3.05) is 18.9 Å². The zero-order valence-corrected chi connectivity index (χ0v) is 13.8. The summed E-state index contributed by atoms with van der Waals surface area (Å²) in [6.07, 6.45) is 1.65. The molecule has 0 aromatic heterocycles. The second-order valence-corrected chi connectivity index (χ2v) is 5.47. The van der Waals surface area contributed by atoms with E-state index in [1.165, 1.54) is 18.2 Å². The van der Waals surface area contributed by atoms with Gasteiger partial charge in [-0.3, -0.25) is 0 Å². The highest BCUT2D eigenvalue weighted by molar-refractivity contribution is 5.73. The smallest absolute Gasteiger partial charge is 0.146 e. The van der Waals surface area contributed by atoms with Gasteiger partial charge in [-0.2, -0.15) is 0 Å². The average molecular weight is 317 g/mol. The molecule has 0 heterocycles. The zero-order valence-electron chi connectivity index (χ0n) is 13.8. The molecule has 0 aliphatic carbocycles. The highest BCUT2D eigenvalue weighted by Crippen LogP contribution is 2.31. The minimum Gasteiger partial charge on any atom is -0.366 e. The molecule has 2 aromatic carbocycles. The van der Waals surface area contributed by atoms with Gasteiger partial charge in [0.1, 0.15) is 11.6 Å². The second-order valence-electron chi connectivity index (χ2n) is 5.47. The molecular weight excluding hydrogens is 296 g/mol. The number of halogens is 2. The second kappa shape index (κ2) is 7.22. The van der Waals surface area contributed by atoms with Gasteiger partial charge in [0, 0.05) is 19.3 Å². The van der Waals surface area contributed by atoms with Crippen LogP contribution in [-0.4, -0.2) is 24.8 Å². The van der Waals surface area contributed by atoms with Crippen LogP contribution in [0.25, 0.3) is 0 Å². The quantitative estimate of drug-likeness (QED) is 0.625. The molecule has 0 atom stereocenters. The Labute approximate surface area is 135 Å². The summed E-state index contributed by atoms with van der Waals surface area (Å²) in [4.78, 5) is 6.20.